The first kappa shape index (κ1) is 19.9. The molecular formula is C17H15NO8S2. The van der Waals surface area contributed by atoms with Crippen molar-refractivity contribution in [3.8, 4) is 11.5 Å². The number of phenolic OH excluding ortho intramolecular Hbond substituents is 2. The van der Waals surface area contributed by atoms with Gasteiger partial charge in [0.1, 0.15) is 11.5 Å². The molecule has 0 amide bonds. The van der Waals surface area contributed by atoms with E-state index in [0.29, 0.717) is 5.56 Å². The van der Waals surface area contributed by atoms with Crippen molar-refractivity contribution in [1.29, 1.82) is 0 Å². The normalized spacial score (nSPS) is 12.2. The molecule has 0 saturated carbocycles. The molecule has 0 saturated heterocycles. The first-order valence-corrected chi connectivity index (χ1v) is 10.6. The maximum atomic E-state index is 11.6. The fraction of sp³-hybridized carbons (Fsp3) is 0.0588. The van der Waals surface area contributed by atoms with Crippen LogP contribution in [0.15, 0.2) is 58.3 Å². The number of hydrogen-bond acceptors (Lipinski definition) is 7. The first-order valence-electron chi connectivity index (χ1n) is 7.73. The molecule has 5 N–H and O–H groups in total. The van der Waals surface area contributed by atoms with Gasteiger partial charge < -0.3 is 15.5 Å². The van der Waals surface area contributed by atoms with E-state index in [2.05, 4.69) is 5.32 Å². The van der Waals surface area contributed by atoms with Crippen LogP contribution in [0.5, 0.6) is 11.5 Å². The Morgan fingerprint density at radius 3 is 1.93 bits per heavy atom. The molecule has 3 aromatic carbocycles. The van der Waals surface area contributed by atoms with Crippen LogP contribution in [0.4, 0.5) is 5.69 Å². The van der Waals surface area contributed by atoms with Crippen LogP contribution >= 0.6 is 0 Å². The van der Waals surface area contributed by atoms with Gasteiger partial charge in [-0.05, 0) is 29.7 Å². The van der Waals surface area contributed by atoms with Gasteiger partial charge in [0.05, 0.1) is 9.79 Å². The van der Waals surface area contributed by atoms with Crippen molar-refractivity contribution >= 4 is 36.7 Å². The lowest BCUT2D eigenvalue weighted by atomic mass is 10.1. The minimum absolute atomic E-state index is 0.0110. The number of rotatable bonds is 5. The molecule has 11 heteroatoms. The highest BCUT2D eigenvalue weighted by Crippen LogP contribution is 2.37. The molecule has 0 radical (unpaired) electrons. The van der Waals surface area contributed by atoms with Gasteiger partial charge in [-0.3, -0.25) is 9.11 Å². The molecule has 0 aliphatic rings. The van der Waals surface area contributed by atoms with E-state index in [1.54, 1.807) is 18.2 Å². The van der Waals surface area contributed by atoms with E-state index in [1.165, 1.54) is 6.07 Å². The Bertz CT molecular complexity index is 1280. The lowest BCUT2D eigenvalue weighted by molar-refractivity contribution is 0.468. The van der Waals surface area contributed by atoms with Crippen molar-refractivity contribution in [2.24, 2.45) is 0 Å². The fourth-order valence-corrected chi connectivity index (χ4v) is 3.81. The summed E-state index contributed by atoms with van der Waals surface area (Å²) < 4.78 is 64.5. The second-order valence-corrected chi connectivity index (χ2v) is 8.79. The molecule has 0 fully saturated rings. The summed E-state index contributed by atoms with van der Waals surface area (Å²) in [6.45, 7) is 0.0379. The van der Waals surface area contributed by atoms with E-state index in [1.807, 2.05) is 0 Å². The zero-order valence-corrected chi connectivity index (χ0v) is 15.7. The largest absolute Gasteiger partial charge is 0.508 e. The second-order valence-electron chi connectivity index (χ2n) is 5.94. The van der Waals surface area contributed by atoms with Gasteiger partial charge in [-0.15, -0.1) is 0 Å². The Morgan fingerprint density at radius 2 is 1.36 bits per heavy atom. The molecule has 9 nitrogen and oxygen atoms in total. The Kier molecular flexibility index (Phi) is 4.93. The number of benzene rings is 3. The molecule has 0 bridgehead atoms. The van der Waals surface area contributed by atoms with E-state index in [-0.39, 0.29) is 28.8 Å². The third-order valence-electron chi connectivity index (χ3n) is 4.03. The zero-order chi connectivity index (χ0) is 20.7. The topological polar surface area (TPSA) is 161 Å². The average molecular weight is 425 g/mol. The van der Waals surface area contributed by atoms with Crippen LogP contribution in [0.3, 0.4) is 0 Å². The van der Waals surface area contributed by atoms with Gasteiger partial charge in [0.2, 0.25) is 0 Å². The highest BCUT2D eigenvalue weighted by Gasteiger charge is 2.19. The van der Waals surface area contributed by atoms with Gasteiger partial charge in [-0.25, -0.2) is 0 Å². The Balaban J connectivity index is 2.21. The third kappa shape index (κ3) is 4.02. The lowest BCUT2D eigenvalue weighted by Crippen LogP contribution is -2.05. The number of hydrogen-bond donors (Lipinski definition) is 5. The van der Waals surface area contributed by atoms with Crippen LogP contribution in [-0.2, 0) is 26.8 Å². The van der Waals surface area contributed by atoms with Crippen LogP contribution in [0.2, 0.25) is 0 Å². The number of anilines is 1. The van der Waals surface area contributed by atoms with Crippen LogP contribution in [0.25, 0.3) is 10.8 Å². The summed E-state index contributed by atoms with van der Waals surface area (Å²) >= 11 is 0. The summed E-state index contributed by atoms with van der Waals surface area (Å²) in [7, 11) is -9.32. The first-order chi connectivity index (χ1) is 13.0. The quantitative estimate of drug-likeness (QED) is 0.386. The van der Waals surface area contributed by atoms with Gasteiger partial charge in [-0.2, -0.15) is 16.8 Å². The van der Waals surface area contributed by atoms with E-state index in [4.69, 9.17) is 0 Å². The highest BCUT2D eigenvalue weighted by molar-refractivity contribution is 7.86. The summed E-state index contributed by atoms with van der Waals surface area (Å²) in [5.41, 5.74) is 0.537. The molecule has 3 aromatic rings. The zero-order valence-electron chi connectivity index (χ0n) is 14.1. The van der Waals surface area contributed by atoms with Gasteiger partial charge in [0.15, 0.2) is 0 Å². The summed E-state index contributed by atoms with van der Waals surface area (Å²) in [4.78, 5) is -1.19. The molecule has 3 rings (SSSR count). The molecule has 0 aromatic heterocycles. The van der Waals surface area contributed by atoms with Crippen molar-refractivity contribution < 1.29 is 36.2 Å². The Labute approximate surface area is 160 Å². The number of nitrogens with one attached hydrogen (secondary N) is 1. The number of aromatic hydroxyl groups is 2. The SMILES string of the molecule is O=S(=O)(O)c1cc(O)c2c(NCc3ccccc3O)cc(S(=O)(=O)O)cc2c1. The number of fused-ring (bicyclic) bond motifs is 1. The molecule has 28 heavy (non-hydrogen) atoms. The number of para-hydroxylation sites is 1. The van der Waals surface area contributed by atoms with Gasteiger partial charge in [-0.1, -0.05) is 18.2 Å². The van der Waals surface area contributed by atoms with E-state index >= 15 is 0 Å². The fourth-order valence-electron chi connectivity index (χ4n) is 2.73. The van der Waals surface area contributed by atoms with Crippen LogP contribution < -0.4 is 5.32 Å². The average Bonchev–Trinajstić information content (AvgIpc) is 2.58. The van der Waals surface area contributed by atoms with Crippen molar-refractivity contribution in [2.75, 3.05) is 5.32 Å². The Hall–Kier alpha value is -2.86. The summed E-state index contributed by atoms with van der Waals surface area (Å²) in [5.74, 6) is -0.546. The third-order valence-corrected chi connectivity index (χ3v) is 5.69. The standard InChI is InChI=1S/C17H15NO8S2/c19-15-4-2-1-3-10(15)9-18-14-7-12(27(21,22)23)5-11-6-13(28(24,25)26)8-16(20)17(11)14/h1-8,18-20H,9H2,(H,21,22,23)(H,24,25,26). The van der Waals surface area contributed by atoms with Crippen LogP contribution in [-0.4, -0.2) is 36.2 Å². The van der Waals surface area contributed by atoms with Crippen LogP contribution in [0.1, 0.15) is 5.56 Å². The molecule has 0 aliphatic heterocycles. The van der Waals surface area contributed by atoms with E-state index in [0.717, 1.165) is 24.3 Å². The van der Waals surface area contributed by atoms with Crippen molar-refractivity contribution in [1.82, 2.24) is 0 Å². The summed E-state index contributed by atoms with van der Waals surface area (Å²) in [6.07, 6.45) is 0. The molecule has 0 heterocycles. The predicted octanol–water partition coefficient (Wildman–Crippen LogP) is 2.36. The van der Waals surface area contributed by atoms with Crippen molar-refractivity contribution in [3.05, 3.63) is 54.1 Å². The van der Waals surface area contributed by atoms with E-state index < -0.39 is 35.8 Å². The predicted molar refractivity (Wildman–Crippen MR) is 101 cm³/mol. The molecule has 0 unspecified atom stereocenters. The Morgan fingerprint density at radius 1 is 0.786 bits per heavy atom. The van der Waals surface area contributed by atoms with Gasteiger partial charge in [0.25, 0.3) is 20.2 Å². The molecule has 0 aliphatic carbocycles. The highest BCUT2D eigenvalue weighted by atomic mass is 32.2. The van der Waals surface area contributed by atoms with Crippen molar-refractivity contribution in [3.63, 3.8) is 0 Å². The van der Waals surface area contributed by atoms with Crippen LogP contribution in [0, 0.1) is 0 Å². The van der Waals surface area contributed by atoms with Crippen molar-refractivity contribution in [2.45, 2.75) is 16.3 Å². The van der Waals surface area contributed by atoms with Gasteiger partial charge >= 0.3 is 0 Å². The minimum atomic E-state index is -4.66. The maximum absolute atomic E-state index is 11.6. The second kappa shape index (κ2) is 6.95. The molecule has 0 atom stereocenters. The summed E-state index contributed by atoms with van der Waals surface area (Å²) in [6, 6.07) is 10.2. The van der Waals surface area contributed by atoms with E-state index in [9.17, 15) is 36.2 Å². The molecule has 148 valence electrons. The summed E-state index contributed by atoms with van der Waals surface area (Å²) in [5, 5.41) is 23.0. The minimum Gasteiger partial charge on any atom is -0.508 e. The maximum Gasteiger partial charge on any atom is 0.294 e. The monoisotopic (exact) mass is 425 g/mol. The number of phenols is 2. The smallest absolute Gasteiger partial charge is 0.294 e. The van der Waals surface area contributed by atoms with Gasteiger partial charge in [0, 0.05) is 29.2 Å². The molecule has 0 spiro atoms. The lowest BCUT2D eigenvalue weighted by Gasteiger charge is -2.14. The molecular weight excluding hydrogens is 410 g/mol.